The average molecular weight is 206 g/mol. The lowest BCUT2D eigenvalue weighted by molar-refractivity contribution is -0.123. The summed E-state index contributed by atoms with van der Waals surface area (Å²) in [5.41, 5.74) is 8.07. The lowest BCUT2D eigenvalue weighted by Crippen LogP contribution is -2.36. The van der Waals surface area contributed by atoms with E-state index in [-0.39, 0.29) is 5.91 Å². The lowest BCUT2D eigenvalue weighted by atomic mass is 10.1. The average Bonchev–Trinajstić information content (AvgIpc) is 2.16. The number of amides is 1. The predicted molar refractivity (Wildman–Crippen MR) is 58.9 cm³/mol. The molecule has 1 aromatic carbocycles. The number of hydrogen-bond acceptors (Lipinski definition) is 3. The Balaban J connectivity index is 2.45. The van der Waals surface area contributed by atoms with E-state index >= 15 is 0 Å². The van der Waals surface area contributed by atoms with Gasteiger partial charge in [-0.1, -0.05) is 6.92 Å². The Labute approximate surface area is 88.4 Å². The van der Waals surface area contributed by atoms with Crippen LogP contribution >= 0.6 is 0 Å². The molecule has 4 heteroatoms. The van der Waals surface area contributed by atoms with E-state index in [0.29, 0.717) is 23.5 Å². The Hall–Kier alpha value is -1.71. The minimum Gasteiger partial charge on any atom is -0.476 e. The van der Waals surface area contributed by atoms with Gasteiger partial charge in [-0.2, -0.15) is 0 Å². The van der Waals surface area contributed by atoms with Crippen LogP contribution in [0.2, 0.25) is 0 Å². The van der Waals surface area contributed by atoms with Gasteiger partial charge in [0.25, 0.3) is 5.91 Å². The van der Waals surface area contributed by atoms with Gasteiger partial charge in [0.1, 0.15) is 0 Å². The standard InChI is InChI=1S/C11H14N2O2/c1-3-9-11(14)13-8-5-6(2)4-7(12)10(8)15-9/h4-5,9H,3,12H2,1-2H3,(H,13,14). The van der Waals surface area contributed by atoms with E-state index in [1.165, 1.54) is 0 Å². The summed E-state index contributed by atoms with van der Waals surface area (Å²) >= 11 is 0. The second-order valence-electron chi connectivity index (χ2n) is 3.73. The van der Waals surface area contributed by atoms with E-state index in [9.17, 15) is 4.79 Å². The third-order valence-corrected chi connectivity index (χ3v) is 2.44. The van der Waals surface area contributed by atoms with Crippen LogP contribution in [0.4, 0.5) is 11.4 Å². The van der Waals surface area contributed by atoms with Crippen LogP contribution in [0.5, 0.6) is 5.75 Å². The predicted octanol–water partition coefficient (Wildman–Crippen LogP) is 1.69. The molecule has 1 atom stereocenters. The second kappa shape index (κ2) is 3.46. The number of benzene rings is 1. The molecule has 0 saturated heterocycles. The van der Waals surface area contributed by atoms with Gasteiger partial charge in [0.2, 0.25) is 0 Å². The number of carbonyl (C=O) groups excluding carboxylic acids is 1. The van der Waals surface area contributed by atoms with E-state index in [4.69, 9.17) is 10.5 Å². The zero-order chi connectivity index (χ0) is 11.0. The normalized spacial score (nSPS) is 19.1. The number of rotatable bonds is 1. The van der Waals surface area contributed by atoms with Crippen molar-refractivity contribution in [2.24, 2.45) is 0 Å². The Morgan fingerprint density at radius 1 is 1.53 bits per heavy atom. The van der Waals surface area contributed by atoms with Crippen LogP contribution < -0.4 is 15.8 Å². The summed E-state index contributed by atoms with van der Waals surface area (Å²) in [6.45, 7) is 3.83. The van der Waals surface area contributed by atoms with Gasteiger partial charge >= 0.3 is 0 Å². The minimum absolute atomic E-state index is 0.102. The van der Waals surface area contributed by atoms with Crippen molar-refractivity contribution in [1.82, 2.24) is 0 Å². The fraction of sp³-hybridized carbons (Fsp3) is 0.364. The molecule has 15 heavy (non-hydrogen) atoms. The molecule has 1 heterocycles. The summed E-state index contributed by atoms with van der Waals surface area (Å²) in [5.74, 6) is 0.488. The molecule has 0 aromatic heterocycles. The highest BCUT2D eigenvalue weighted by molar-refractivity contribution is 5.99. The molecule has 0 bridgehead atoms. The van der Waals surface area contributed by atoms with Gasteiger partial charge in [-0.05, 0) is 31.0 Å². The van der Waals surface area contributed by atoms with Crippen LogP contribution in [0.1, 0.15) is 18.9 Å². The number of nitrogens with two attached hydrogens (primary N) is 1. The molecule has 1 aliphatic heterocycles. The minimum atomic E-state index is -0.428. The van der Waals surface area contributed by atoms with E-state index in [1.807, 2.05) is 26.0 Å². The number of aryl methyl sites for hydroxylation is 1. The number of nitrogens with one attached hydrogen (secondary N) is 1. The molecule has 1 aromatic rings. The van der Waals surface area contributed by atoms with E-state index in [1.54, 1.807) is 0 Å². The Morgan fingerprint density at radius 3 is 2.93 bits per heavy atom. The zero-order valence-corrected chi connectivity index (χ0v) is 8.83. The van der Waals surface area contributed by atoms with Gasteiger partial charge in [0.15, 0.2) is 11.9 Å². The van der Waals surface area contributed by atoms with E-state index in [2.05, 4.69) is 5.32 Å². The Morgan fingerprint density at radius 2 is 2.27 bits per heavy atom. The van der Waals surface area contributed by atoms with Crippen molar-refractivity contribution < 1.29 is 9.53 Å². The molecule has 4 nitrogen and oxygen atoms in total. The molecule has 1 unspecified atom stereocenters. The number of carbonyl (C=O) groups is 1. The first-order chi connectivity index (χ1) is 7.11. The van der Waals surface area contributed by atoms with Crippen LogP contribution in [0, 0.1) is 6.92 Å². The first-order valence-corrected chi connectivity index (χ1v) is 4.99. The summed E-state index contributed by atoms with van der Waals surface area (Å²) in [5, 5.41) is 2.80. The van der Waals surface area contributed by atoms with Crippen molar-refractivity contribution >= 4 is 17.3 Å². The van der Waals surface area contributed by atoms with Gasteiger partial charge in [-0.3, -0.25) is 4.79 Å². The SMILES string of the molecule is CCC1Oc2c(N)cc(C)cc2NC1=O. The van der Waals surface area contributed by atoms with Crippen molar-refractivity contribution in [1.29, 1.82) is 0 Å². The highest BCUT2D eigenvalue weighted by Crippen LogP contribution is 2.36. The largest absolute Gasteiger partial charge is 0.476 e. The van der Waals surface area contributed by atoms with Crippen LogP contribution in [0.15, 0.2) is 12.1 Å². The zero-order valence-electron chi connectivity index (χ0n) is 8.83. The van der Waals surface area contributed by atoms with Gasteiger partial charge < -0.3 is 15.8 Å². The third-order valence-electron chi connectivity index (χ3n) is 2.44. The topological polar surface area (TPSA) is 64.3 Å². The van der Waals surface area contributed by atoms with Crippen molar-refractivity contribution in [3.63, 3.8) is 0 Å². The van der Waals surface area contributed by atoms with Crippen molar-refractivity contribution in [2.75, 3.05) is 11.1 Å². The van der Waals surface area contributed by atoms with Gasteiger partial charge in [0, 0.05) is 0 Å². The fourth-order valence-electron chi connectivity index (χ4n) is 1.70. The molecule has 0 radical (unpaired) electrons. The number of hydrogen-bond donors (Lipinski definition) is 2. The number of ether oxygens (including phenoxy) is 1. The maximum absolute atomic E-state index is 11.5. The smallest absolute Gasteiger partial charge is 0.265 e. The van der Waals surface area contributed by atoms with Crippen LogP contribution in [-0.2, 0) is 4.79 Å². The Bertz CT molecular complexity index is 415. The first-order valence-electron chi connectivity index (χ1n) is 4.99. The van der Waals surface area contributed by atoms with Gasteiger partial charge in [0.05, 0.1) is 11.4 Å². The van der Waals surface area contributed by atoms with Crippen LogP contribution in [0.25, 0.3) is 0 Å². The molecular formula is C11H14N2O2. The Kier molecular flexibility index (Phi) is 2.26. The van der Waals surface area contributed by atoms with E-state index < -0.39 is 6.10 Å². The lowest BCUT2D eigenvalue weighted by Gasteiger charge is -2.26. The molecule has 0 aliphatic carbocycles. The fourth-order valence-corrected chi connectivity index (χ4v) is 1.70. The molecule has 1 amide bonds. The summed E-state index contributed by atoms with van der Waals surface area (Å²) in [4.78, 5) is 11.5. The molecule has 2 rings (SSSR count). The molecular weight excluding hydrogens is 192 g/mol. The third kappa shape index (κ3) is 1.63. The number of fused-ring (bicyclic) bond motifs is 1. The van der Waals surface area contributed by atoms with Crippen LogP contribution in [0.3, 0.4) is 0 Å². The molecule has 0 saturated carbocycles. The molecule has 3 N–H and O–H groups in total. The number of nitrogen functional groups attached to an aromatic ring is 1. The number of anilines is 2. The molecule has 0 spiro atoms. The molecule has 1 aliphatic rings. The quantitative estimate of drug-likeness (QED) is 0.687. The summed E-state index contributed by atoms with van der Waals surface area (Å²) in [6, 6.07) is 3.69. The monoisotopic (exact) mass is 206 g/mol. The maximum Gasteiger partial charge on any atom is 0.265 e. The van der Waals surface area contributed by atoms with Gasteiger partial charge in [-0.15, -0.1) is 0 Å². The van der Waals surface area contributed by atoms with Crippen molar-refractivity contribution in [3.8, 4) is 5.75 Å². The molecule has 0 fully saturated rings. The molecule has 80 valence electrons. The maximum atomic E-state index is 11.5. The highest BCUT2D eigenvalue weighted by Gasteiger charge is 2.27. The van der Waals surface area contributed by atoms with Crippen molar-refractivity contribution in [2.45, 2.75) is 26.4 Å². The summed E-state index contributed by atoms with van der Waals surface area (Å²) in [7, 11) is 0. The van der Waals surface area contributed by atoms with Crippen molar-refractivity contribution in [3.05, 3.63) is 17.7 Å². The second-order valence-corrected chi connectivity index (χ2v) is 3.73. The summed E-state index contributed by atoms with van der Waals surface area (Å²) in [6.07, 6.45) is 0.209. The highest BCUT2D eigenvalue weighted by atomic mass is 16.5. The van der Waals surface area contributed by atoms with E-state index in [0.717, 1.165) is 5.56 Å². The van der Waals surface area contributed by atoms with Gasteiger partial charge in [-0.25, -0.2) is 0 Å². The first kappa shape index (κ1) is 9.83. The summed E-state index contributed by atoms with van der Waals surface area (Å²) < 4.78 is 5.54. The van der Waals surface area contributed by atoms with Crippen LogP contribution in [-0.4, -0.2) is 12.0 Å².